The van der Waals surface area contributed by atoms with E-state index in [-0.39, 0.29) is 17.9 Å². The summed E-state index contributed by atoms with van der Waals surface area (Å²) in [6.07, 6.45) is 4.33. The van der Waals surface area contributed by atoms with E-state index in [1.165, 1.54) is 25.4 Å². The van der Waals surface area contributed by atoms with E-state index < -0.39 is 0 Å². The molecule has 1 saturated heterocycles. The molecule has 1 aromatic heterocycles. The number of aromatic nitrogens is 2. The number of amides is 2. The van der Waals surface area contributed by atoms with Gasteiger partial charge in [-0.2, -0.15) is 0 Å². The molecule has 1 aliphatic rings. The lowest BCUT2D eigenvalue weighted by Gasteiger charge is -2.41. The molecule has 1 aromatic carbocycles. The molecule has 2 amide bonds. The Kier molecular flexibility index (Phi) is 5.41. The summed E-state index contributed by atoms with van der Waals surface area (Å²) in [5.74, 6) is 0.261. The number of nitrogens with two attached hydrogens (primary N) is 1. The first-order valence-electron chi connectivity index (χ1n) is 8.46. The van der Waals surface area contributed by atoms with Crippen molar-refractivity contribution in [2.24, 2.45) is 0 Å². The van der Waals surface area contributed by atoms with Gasteiger partial charge < -0.3 is 15.5 Å². The van der Waals surface area contributed by atoms with Crippen molar-refractivity contribution in [2.45, 2.75) is 13.0 Å². The predicted molar refractivity (Wildman–Crippen MR) is 104 cm³/mol. The van der Waals surface area contributed by atoms with Gasteiger partial charge in [0.15, 0.2) is 5.82 Å². The maximum atomic E-state index is 12.3. The average Bonchev–Trinajstić information content (AvgIpc) is 2.67. The third kappa shape index (κ3) is 4.09. The molecule has 0 aliphatic carbocycles. The smallest absolute Gasteiger partial charge is 0.246 e. The zero-order valence-electron chi connectivity index (χ0n) is 14.9. The first-order chi connectivity index (χ1) is 12.9. The highest BCUT2D eigenvalue weighted by Crippen LogP contribution is 2.31. The Bertz CT molecular complexity index is 884. The lowest BCUT2D eigenvalue weighted by molar-refractivity contribution is -0.139. The van der Waals surface area contributed by atoms with Crippen LogP contribution in [0, 0.1) is 0 Å². The van der Waals surface area contributed by atoms with Crippen LogP contribution in [0.4, 0.5) is 5.69 Å². The van der Waals surface area contributed by atoms with Crippen LogP contribution in [0.5, 0.6) is 0 Å². The van der Waals surface area contributed by atoms with Gasteiger partial charge in [-0.3, -0.25) is 9.59 Å². The van der Waals surface area contributed by atoms with E-state index in [1.54, 1.807) is 21.9 Å². The number of carbonyl (C=O) groups excluding carboxylic acids is 2. The van der Waals surface area contributed by atoms with Crippen molar-refractivity contribution in [3.63, 3.8) is 0 Å². The number of nitrogens with zero attached hydrogens (tertiary/aromatic N) is 4. The lowest BCUT2D eigenvalue weighted by atomic mass is 9.99. The van der Waals surface area contributed by atoms with E-state index in [9.17, 15) is 9.59 Å². The first-order valence-corrected chi connectivity index (χ1v) is 8.83. The molecular weight excluding hydrogens is 366 g/mol. The van der Waals surface area contributed by atoms with Crippen molar-refractivity contribution in [1.82, 2.24) is 19.8 Å². The van der Waals surface area contributed by atoms with Gasteiger partial charge in [0.1, 0.15) is 0 Å². The van der Waals surface area contributed by atoms with Crippen LogP contribution in [0.15, 0.2) is 43.2 Å². The molecule has 1 aliphatic heterocycles. The molecule has 140 valence electrons. The maximum Gasteiger partial charge on any atom is 0.246 e. The third-order valence-corrected chi connectivity index (χ3v) is 4.74. The van der Waals surface area contributed by atoms with Crippen LogP contribution >= 0.6 is 11.6 Å². The Morgan fingerprint density at radius 2 is 1.96 bits per heavy atom. The molecule has 1 atom stereocenters. The molecule has 0 spiro atoms. The highest BCUT2D eigenvalue weighted by atomic mass is 35.5. The van der Waals surface area contributed by atoms with Crippen molar-refractivity contribution >= 4 is 29.1 Å². The van der Waals surface area contributed by atoms with Crippen molar-refractivity contribution in [1.29, 1.82) is 0 Å². The maximum absolute atomic E-state index is 12.3. The molecule has 0 bridgehead atoms. The number of hydrogen-bond acceptors (Lipinski definition) is 5. The summed E-state index contributed by atoms with van der Waals surface area (Å²) in [4.78, 5) is 36.1. The summed E-state index contributed by atoms with van der Waals surface area (Å²) >= 11 is 6.33. The van der Waals surface area contributed by atoms with Gasteiger partial charge in [-0.25, -0.2) is 9.97 Å². The van der Waals surface area contributed by atoms with E-state index >= 15 is 0 Å². The minimum absolute atomic E-state index is 0.0326. The van der Waals surface area contributed by atoms with E-state index in [0.29, 0.717) is 41.7 Å². The van der Waals surface area contributed by atoms with Crippen molar-refractivity contribution in [3.8, 4) is 11.4 Å². The topological polar surface area (TPSA) is 92.4 Å². The summed E-state index contributed by atoms with van der Waals surface area (Å²) in [6.45, 7) is 6.40. The lowest BCUT2D eigenvalue weighted by Crippen LogP contribution is -2.51. The summed E-state index contributed by atoms with van der Waals surface area (Å²) in [6, 6.07) is 5.09. The molecule has 1 fully saturated rings. The van der Waals surface area contributed by atoms with Gasteiger partial charge in [-0.05, 0) is 29.8 Å². The highest BCUT2D eigenvalue weighted by Gasteiger charge is 2.32. The fourth-order valence-electron chi connectivity index (χ4n) is 3.16. The average molecular weight is 386 g/mol. The third-order valence-electron chi connectivity index (χ3n) is 4.52. The predicted octanol–water partition coefficient (Wildman–Crippen LogP) is 2.30. The van der Waals surface area contributed by atoms with Gasteiger partial charge >= 0.3 is 0 Å². The van der Waals surface area contributed by atoms with Crippen molar-refractivity contribution in [3.05, 3.63) is 53.8 Å². The molecule has 2 aromatic rings. The molecule has 2 heterocycles. The van der Waals surface area contributed by atoms with E-state index in [0.717, 1.165) is 5.56 Å². The van der Waals surface area contributed by atoms with Gasteiger partial charge in [0, 0.05) is 37.1 Å². The molecule has 7 nitrogen and oxygen atoms in total. The molecule has 0 saturated carbocycles. The van der Waals surface area contributed by atoms with Crippen molar-refractivity contribution in [2.75, 3.05) is 25.4 Å². The monoisotopic (exact) mass is 385 g/mol. The van der Waals surface area contributed by atoms with E-state index in [4.69, 9.17) is 17.3 Å². The van der Waals surface area contributed by atoms with Crippen LogP contribution in [-0.2, 0) is 9.59 Å². The Hall–Kier alpha value is -2.93. The fraction of sp³-hybridized carbons (Fsp3) is 0.263. The molecule has 0 radical (unpaired) electrons. The Morgan fingerprint density at radius 3 is 2.59 bits per heavy atom. The molecule has 27 heavy (non-hydrogen) atoms. The minimum Gasteiger partial charge on any atom is -0.396 e. The van der Waals surface area contributed by atoms with Crippen LogP contribution in [-0.4, -0.2) is 51.2 Å². The summed E-state index contributed by atoms with van der Waals surface area (Å²) in [5, 5.41) is 0.494. The molecule has 8 heteroatoms. The largest absolute Gasteiger partial charge is 0.396 e. The quantitative estimate of drug-likeness (QED) is 0.818. The van der Waals surface area contributed by atoms with Gasteiger partial charge in [-0.1, -0.05) is 18.2 Å². The highest BCUT2D eigenvalue weighted by molar-refractivity contribution is 6.31. The first kappa shape index (κ1) is 18.8. The van der Waals surface area contributed by atoms with Crippen LogP contribution in [0.3, 0.4) is 0 Å². The van der Waals surface area contributed by atoms with Gasteiger partial charge in [0.25, 0.3) is 0 Å². The Labute approximate surface area is 162 Å². The normalized spacial score (nSPS) is 16.9. The number of nitrogen functional groups attached to an aromatic ring is 1. The van der Waals surface area contributed by atoms with Gasteiger partial charge in [0.2, 0.25) is 11.8 Å². The summed E-state index contributed by atoms with van der Waals surface area (Å²) in [5.41, 5.74) is 7.63. The molecular formula is C19H20ClN5O2. The fourth-order valence-corrected chi connectivity index (χ4v) is 3.40. The van der Waals surface area contributed by atoms with Crippen LogP contribution < -0.4 is 5.73 Å². The number of benzene rings is 1. The number of piperazine rings is 1. The second-order valence-corrected chi connectivity index (χ2v) is 6.77. The number of halogens is 1. The number of anilines is 1. The van der Waals surface area contributed by atoms with Crippen LogP contribution in [0.1, 0.15) is 18.5 Å². The Balaban J connectivity index is 2.02. The second-order valence-electron chi connectivity index (χ2n) is 6.33. The number of hydrogen-bond donors (Lipinski definition) is 1. The number of rotatable bonds is 3. The summed E-state index contributed by atoms with van der Waals surface area (Å²) < 4.78 is 0. The van der Waals surface area contributed by atoms with Crippen LogP contribution in [0.25, 0.3) is 11.4 Å². The SMILES string of the molecule is C=CC(=O)N1CCN(C(C)=O)C[C@H]1c1cc(Cl)cc(-c2ncc(N)cn2)c1. The standard InChI is InChI=1S/C19H20ClN5O2/c1-3-18(27)25-5-4-24(12(2)26)11-17(25)13-6-14(8-15(20)7-13)19-22-9-16(21)10-23-19/h3,6-10,17H,1,4-5,11,21H2,2H3/t17-/m0/s1. The zero-order chi connectivity index (χ0) is 19.6. The van der Waals surface area contributed by atoms with Gasteiger partial charge in [-0.15, -0.1) is 0 Å². The Morgan fingerprint density at radius 1 is 1.26 bits per heavy atom. The second kappa shape index (κ2) is 7.75. The van der Waals surface area contributed by atoms with E-state index in [1.807, 2.05) is 6.07 Å². The number of carbonyl (C=O) groups is 2. The van der Waals surface area contributed by atoms with Gasteiger partial charge in [0.05, 0.1) is 24.1 Å². The molecule has 3 rings (SSSR count). The van der Waals surface area contributed by atoms with Crippen LogP contribution in [0.2, 0.25) is 5.02 Å². The minimum atomic E-state index is -0.334. The molecule has 2 N–H and O–H groups in total. The molecule has 0 unspecified atom stereocenters. The van der Waals surface area contributed by atoms with E-state index in [2.05, 4.69) is 16.5 Å². The summed E-state index contributed by atoms with van der Waals surface area (Å²) in [7, 11) is 0. The van der Waals surface area contributed by atoms with Crippen molar-refractivity contribution < 1.29 is 9.59 Å². The zero-order valence-corrected chi connectivity index (χ0v) is 15.7.